The summed E-state index contributed by atoms with van der Waals surface area (Å²) in [5.41, 5.74) is 10.8. The van der Waals surface area contributed by atoms with E-state index in [2.05, 4.69) is 5.32 Å². The van der Waals surface area contributed by atoms with Gasteiger partial charge in [-0.15, -0.1) is 0 Å². The van der Waals surface area contributed by atoms with Crippen LogP contribution >= 0.6 is 0 Å². The van der Waals surface area contributed by atoms with E-state index in [0.717, 1.165) is 6.42 Å². The molecule has 0 bridgehead atoms. The zero-order chi connectivity index (χ0) is 14.1. The standard InChI is InChI=1S/C10H19N3O5/c11-4-2-1-3-6(12)9(16)13-7(10(17)18)5-8(14)15/h6-7H,1-5,11-12H2,(H,13,16)(H,14,15)(H,17,18)/t6-,7+/m0/s1. The second-order valence-corrected chi connectivity index (χ2v) is 3.89. The molecule has 1 amide bonds. The Hall–Kier alpha value is -1.67. The lowest BCUT2D eigenvalue weighted by molar-refractivity contribution is -0.147. The zero-order valence-electron chi connectivity index (χ0n) is 9.96. The molecule has 7 N–H and O–H groups in total. The molecular formula is C10H19N3O5. The highest BCUT2D eigenvalue weighted by Crippen LogP contribution is 2.00. The van der Waals surface area contributed by atoms with Crippen LogP contribution in [0.15, 0.2) is 0 Å². The average molecular weight is 261 g/mol. The highest BCUT2D eigenvalue weighted by atomic mass is 16.4. The first-order chi connectivity index (χ1) is 8.38. The van der Waals surface area contributed by atoms with Crippen molar-refractivity contribution in [3.63, 3.8) is 0 Å². The van der Waals surface area contributed by atoms with Crippen LogP contribution in [0.2, 0.25) is 0 Å². The molecule has 0 radical (unpaired) electrons. The molecule has 0 aliphatic carbocycles. The number of nitrogens with one attached hydrogen (secondary N) is 1. The summed E-state index contributed by atoms with van der Waals surface area (Å²) in [7, 11) is 0. The summed E-state index contributed by atoms with van der Waals surface area (Å²) in [5, 5.41) is 19.3. The number of aliphatic carboxylic acids is 2. The Kier molecular flexibility index (Phi) is 7.64. The second-order valence-electron chi connectivity index (χ2n) is 3.89. The smallest absolute Gasteiger partial charge is 0.326 e. The molecule has 18 heavy (non-hydrogen) atoms. The number of rotatable bonds is 9. The molecule has 0 aliphatic heterocycles. The van der Waals surface area contributed by atoms with Crippen molar-refractivity contribution in [1.29, 1.82) is 0 Å². The molecule has 0 heterocycles. The van der Waals surface area contributed by atoms with Gasteiger partial charge in [0.2, 0.25) is 5.91 Å². The Morgan fingerprint density at radius 3 is 2.22 bits per heavy atom. The van der Waals surface area contributed by atoms with Gasteiger partial charge >= 0.3 is 11.9 Å². The van der Waals surface area contributed by atoms with E-state index < -0.39 is 36.4 Å². The normalized spacial score (nSPS) is 13.7. The lowest BCUT2D eigenvalue weighted by Gasteiger charge is -2.16. The van der Waals surface area contributed by atoms with E-state index >= 15 is 0 Å². The maximum atomic E-state index is 11.5. The van der Waals surface area contributed by atoms with E-state index in [1.54, 1.807) is 0 Å². The molecule has 0 aromatic rings. The Morgan fingerprint density at radius 1 is 1.17 bits per heavy atom. The van der Waals surface area contributed by atoms with Gasteiger partial charge in [-0.1, -0.05) is 6.42 Å². The molecule has 0 aromatic heterocycles. The van der Waals surface area contributed by atoms with Crippen LogP contribution in [0.25, 0.3) is 0 Å². The molecule has 0 aliphatic rings. The van der Waals surface area contributed by atoms with Gasteiger partial charge in [0.05, 0.1) is 12.5 Å². The molecule has 0 saturated heterocycles. The van der Waals surface area contributed by atoms with Gasteiger partial charge in [0.1, 0.15) is 6.04 Å². The lowest BCUT2D eigenvalue weighted by atomic mass is 10.1. The lowest BCUT2D eigenvalue weighted by Crippen LogP contribution is -2.49. The van der Waals surface area contributed by atoms with Crippen LogP contribution in [0.5, 0.6) is 0 Å². The van der Waals surface area contributed by atoms with Gasteiger partial charge in [0.25, 0.3) is 0 Å². The molecule has 2 atom stereocenters. The summed E-state index contributed by atoms with van der Waals surface area (Å²) in [6.45, 7) is 0.491. The van der Waals surface area contributed by atoms with Crippen molar-refractivity contribution in [2.24, 2.45) is 11.5 Å². The fraction of sp³-hybridized carbons (Fsp3) is 0.700. The first-order valence-electron chi connectivity index (χ1n) is 5.59. The van der Waals surface area contributed by atoms with E-state index in [-0.39, 0.29) is 0 Å². The predicted octanol–water partition coefficient (Wildman–Crippen LogP) is -1.51. The van der Waals surface area contributed by atoms with Crippen LogP contribution in [-0.4, -0.2) is 46.7 Å². The van der Waals surface area contributed by atoms with Crippen molar-refractivity contribution in [1.82, 2.24) is 5.32 Å². The van der Waals surface area contributed by atoms with Crippen LogP contribution in [0.3, 0.4) is 0 Å². The first-order valence-corrected chi connectivity index (χ1v) is 5.59. The first kappa shape index (κ1) is 16.3. The quantitative estimate of drug-likeness (QED) is 0.316. The molecular weight excluding hydrogens is 242 g/mol. The molecule has 0 rings (SSSR count). The van der Waals surface area contributed by atoms with E-state index in [4.69, 9.17) is 21.7 Å². The molecule has 8 heteroatoms. The molecule has 0 unspecified atom stereocenters. The largest absolute Gasteiger partial charge is 0.481 e. The summed E-state index contributed by atoms with van der Waals surface area (Å²) in [6, 6.07) is -2.32. The minimum atomic E-state index is -1.46. The number of hydrogen-bond acceptors (Lipinski definition) is 5. The Bertz CT molecular complexity index is 308. The Labute approximate surface area is 104 Å². The monoisotopic (exact) mass is 261 g/mol. The molecule has 0 fully saturated rings. The summed E-state index contributed by atoms with van der Waals surface area (Å²) >= 11 is 0. The van der Waals surface area contributed by atoms with Crippen LogP contribution in [0, 0.1) is 0 Å². The van der Waals surface area contributed by atoms with E-state index in [0.29, 0.717) is 19.4 Å². The van der Waals surface area contributed by atoms with Crippen LogP contribution < -0.4 is 16.8 Å². The van der Waals surface area contributed by atoms with Gasteiger partial charge in [-0.3, -0.25) is 9.59 Å². The summed E-state index contributed by atoms with van der Waals surface area (Å²) in [6.07, 6.45) is 1.07. The number of amides is 1. The third-order valence-corrected chi connectivity index (χ3v) is 2.30. The fourth-order valence-electron chi connectivity index (χ4n) is 1.29. The van der Waals surface area contributed by atoms with Gasteiger partial charge in [-0.25, -0.2) is 4.79 Å². The molecule has 104 valence electrons. The Balaban J connectivity index is 4.23. The minimum Gasteiger partial charge on any atom is -0.481 e. The van der Waals surface area contributed by atoms with Crippen LogP contribution in [0.4, 0.5) is 0 Å². The highest BCUT2D eigenvalue weighted by Gasteiger charge is 2.25. The zero-order valence-corrected chi connectivity index (χ0v) is 9.96. The van der Waals surface area contributed by atoms with E-state index in [1.165, 1.54) is 0 Å². The third kappa shape index (κ3) is 6.81. The maximum absolute atomic E-state index is 11.5. The van der Waals surface area contributed by atoms with Crippen molar-refractivity contribution in [3.8, 4) is 0 Å². The number of carbonyl (C=O) groups is 3. The van der Waals surface area contributed by atoms with Crippen LogP contribution in [-0.2, 0) is 14.4 Å². The van der Waals surface area contributed by atoms with E-state index in [9.17, 15) is 14.4 Å². The number of nitrogens with two attached hydrogens (primary N) is 2. The number of unbranched alkanes of at least 4 members (excludes halogenated alkanes) is 1. The summed E-state index contributed by atoms with van der Waals surface area (Å²) < 4.78 is 0. The molecule has 8 nitrogen and oxygen atoms in total. The van der Waals surface area contributed by atoms with Crippen molar-refractivity contribution in [2.75, 3.05) is 6.54 Å². The topological polar surface area (TPSA) is 156 Å². The molecule has 0 aromatic carbocycles. The number of carboxylic acid groups (broad SMARTS) is 2. The van der Waals surface area contributed by atoms with Gasteiger partial charge in [0.15, 0.2) is 0 Å². The van der Waals surface area contributed by atoms with Crippen LogP contribution in [0.1, 0.15) is 25.7 Å². The van der Waals surface area contributed by atoms with Gasteiger partial charge in [-0.05, 0) is 19.4 Å². The van der Waals surface area contributed by atoms with Crippen molar-refractivity contribution in [2.45, 2.75) is 37.8 Å². The van der Waals surface area contributed by atoms with Crippen molar-refractivity contribution in [3.05, 3.63) is 0 Å². The average Bonchev–Trinajstić information content (AvgIpc) is 2.27. The number of carbonyl (C=O) groups excluding carboxylic acids is 1. The fourth-order valence-corrected chi connectivity index (χ4v) is 1.29. The summed E-state index contributed by atoms with van der Waals surface area (Å²) in [5.74, 6) is -3.38. The minimum absolute atomic E-state index is 0.377. The van der Waals surface area contributed by atoms with E-state index in [1.807, 2.05) is 0 Å². The van der Waals surface area contributed by atoms with Gasteiger partial charge in [0, 0.05) is 0 Å². The predicted molar refractivity (Wildman–Crippen MR) is 62.7 cm³/mol. The molecule has 0 spiro atoms. The highest BCUT2D eigenvalue weighted by molar-refractivity contribution is 5.88. The van der Waals surface area contributed by atoms with Gasteiger partial charge in [-0.2, -0.15) is 0 Å². The van der Waals surface area contributed by atoms with Crippen molar-refractivity contribution < 1.29 is 24.6 Å². The SMILES string of the molecule is NCCCC[C@H](N)C(=O)N[C@H](CC(=O)O)C(=O)O. The van der Waals surface area contributed by atoms with Crippen molar-refractivity contribution >= 4 is 17.8 Å². The third-order valence-electron chi connectivity index (χ3n) is 2.30. The number of hydrogen-bond donors (Lipinski definition) is 5. The maximum Gasteiger partial charge on any atom is 0.326 e. The van der Waals surface area contributed by atoms with Gasteiger partial charge < -0.3 is 27.0 Å². The summed E-state index contributed by atoms with van der Waals surface area (Å²) in [4.78, 5) is 32.6. The second kappa shape index (κ2) is 8.43. The molecule has 0 saturated carbocycles. The Morgan fingerprint density at radius 2 is 1.78 bits per heavy atom. The number of carboxylic acids is 2.